The summed E-state index contributed by atoms with van der Waals surface area (Å²) >= 11 is 0. The van der Waals surface area contributed by atoms with Gasteiger partial charge in [-0.15, -0.1) is 0 Å². The number of amides is 1. The molecule has 5 nitrogen and oxygen atoms in total. The maximum atomic E-state index is 10.8. The van der Waals surface area contributed by atoms with Gasteiger partial charge in [-0.2, -0.15) is 0 Å². The number of ether oxygens (including phenoxy) is 2. The lowest BCUT2D eigenvalue weighted by molar-refractivity contribution is -0.124. The highest BCUT2D eigenvalue weighted by molar-refractivity contribution is 5.87. The molecule has 0 aliphatic heterocycles. The van der Waals surface area contributed by atoms with Gasteiger partial charge < -0.3 is 19.6 Å². The Hall–Kier alpha value is -0.940. The fraction of sp³-hybridized carbons (Fsp3) is 0.800. The Morgan fingerprint density at radius 3 is 2.47 bits per heavy atom. The maximum Gasteiger partial charge on any atom is 0.227 e. The Labute approximate surface area is 90.1 Å². The molecule has 0 aromatic rings. The first kappa shape index (κ1) is 14.1. The van der Waals surface area contributed by atoms with Crippen LogP contribution in [0.4, 0.5) is 0 Å². The van der Waals surface area contributed by atoms with E-state index in [1.165, 1.54) is 0 Å². The monoisotopic (exact) mass is 217 g/mol. The summed E-state index contributed by atoms with van der Waals surface area (Å²) in [4.78, 5) is 20.7. The molecule has 0 unspecified atom stereocenters. The molecule has 0 aromatic carbocycles. The van der Waals surface area contributed by atoms with Crippen LogP contribution in [0.15, 0.2) is 0 Å². The Balaban J connectivity index is 3.04. The molecule has 88 valence electrons. The van der Waals surface area contributed by atoms with Crippen molar-refractivity contribution in [3.63, 3.8) is 0 Å². The zero-order valence-corrected chi connectivity index (χ0v) is 9.16. The summed E-state index contributed by atoms with van der Waals surface area (Å²) < 4.78 is 10.4. The first-order valence-electron chi connectivity index (χ1n) is 5.17. The number of aldehydes is 1. The van der Waals surface area contributed by atoms with Gasteiger partial charge in [-0.1, -0.05) is 6.92 Å². The molecule has 0 aliphatic carbocycles. The molecule has 1 N–H and O–H groups in total. The smallest absolute Gasteiger partial charge is 0.227 e. The predicted octanol–water partition coefficient (Wildman–Crippen LogP) is 0.135. The van der Waals surface area contributed by atoms with Gasteiger partial charge in [0.1, 0.15) is 6.29 Å². The lowest BCUT2D eigenvalue weighted by atomic mass is 10.4. The number of carbonyl (C=O) groups excluding carboxylic acids is 2. The van der Waals surface area contributed by atoms with Crippen LogP contribution in [0.25, 0.3) is 0 Å². The fourth-order valence-corrected chi connectivity index (χ4v) is 0.877. The third-order valence-corrected chi connectivity index (χ3v) is 1.56. The summed E-state index contributed by atoms with van der Waals surface area (Å²) in [6.07, 6.45) is 1.50. The van der Waals surface area contributed by atoms with Crippen LogP contribution < -0.4 is 5.32 Å². The molecule has 0 atom stereocenters. The zero-order chi connectivity index (χ0) is 11.4. The van der Waals surface area contributed by atoms with E-state index in [0.29, 0.717) is 32.7 Å². The Bertz CT molecular complexity index is 173. The van der Waals surface area contributed by atoms with Gasteiger partial charge in [0.15, 0.2) is 0 Å². The summed E-state index contributed by atoms with van der Waals surface area (Å²) in [5, 5.41) is 2.55. The van der Waals surface area contributed by atoms with E-state index in [4.69, 9.17) is 9.47 Å². The summed E-state index contributed by atoms with van der Waals surface area (Å²) in [5.41, 5.74) is 0. The molecule has 0 saturated carbocycles. The van der Waals surface area contributed by atoms with Crippen molar-refractivity contribution in [2.75, 3.05) is 33.0 Å². The SMILES string of the molecule is CCCOCCOCCNC(=O)CC=O. The highest BCUT2D eigenvalue weighted by atomic mass is 16.5. The Morgan fingerprint density at radius 1 is 1.20 bits per heavy atom. The normalized spacial score (nSPS) is 9.93. The van der Waals surface area contributed by atoms with Crippen LogP contribution in [-0.2, 0) is 19.1 Å². The van der Waals surface area contributed by atoms with Crippen molar-refractivity contribution < 1.29 is 19.1 Å². The van der Waals surface area contributed by atoms with E-state index in [1.807, 2.05) is 6.92 Å². The lowest BCUT2D eigenvalue weighted by Gasteiger charge is -2.05. The van der Waals surface area contributed by atoms with E-state index in [2.05, 4.69) is 5.32 Å². The van der Waals surface area contributed by atoms with Crippen molar-refractivity contribution in [1.29, 1.82) is 0 Å². The second-order valence-electron chi connectivity index (χ2n) is 2.95. The van der Waals surface area contributed by atoms with Crippen LogP contribution in [0, 0.1) is 0 Å². The zero-order valence-electron chi connectivity index (χ0n) is 9.16. The van der Waals surface area contributed by atoms with Crippen LogP contribution in [0.5, 0.6) is 0 Å². The van der Waals surface area contributed by atoms with Crippen LogP contribution in [0.1, 0.15) is 19.8 Å². The summed E-state index contributed by atoms with van der Waals surface area (Å²) in [5.74, 6) is -0.268. The van der Waals surface area contributed by atoms with Crippen LogP contribution in [0.2, 0.25) is 0 Å². The predicted molar refractivity (Wildman–Crippen MR) is 55.6 cm³/mol. The Morgan fingerprint density at radius 2 is 1.87 bits per heavy atom. The van der Waals surface area contributed by atoms with Crippen molar-refractivity contribution in [2.45, 2.75) is 19.8 Å². The summed E-state index contributed by atoms with van der Waals surface area (Å²) in [7, 11) is 0. The molecule has 0 radical (unpaired) electrons. The van der Waals surface area contributed by atoms with E-state index >= 15 is 0 Å². The molecular weight excluding hydrogens is 198 g/mol. The van der Waals surface area contributed by atoms with E-state index < -0.39 is 0 Å². The van der Waals surface area contributed by atoms with Crippen LogP contribution >= 0.6 is 0 Å². The van der Waals surface area contributed by atoms with E-state index in [9.17, 15) is 9.59 Å². The van der Waals surface area contributed by atoms with Gasteiger partial charge in [0, 0.05) is 13.2 Å². The third-order valence-electron chi connectivity index (χ3n) is 1.56. The second kappa shape index (κ2) is 11.1. The topological polar surface area (TPSA) is 64.6 Å². The van der Waals surface area contributed by atoms with Crippen LogP contribution in [0.3, 0.4) is 0 Å². The first-order valence-corrected chi connectivity index (χ1v) is 5.17. The molecule has 15 heavy (non-hydrogen) atoms. The summed E-state index contributed by atoms with van der Waals surface area (Å²) in [6, 6.07) is 0. The first-order chi connectivity index (χ1) is 7.31. The fourth-order valence-electron chi connectivity index (χ4n) is 0.877. The van der Waals surface area contributed by atoms with Crippen molar-refractivity contribution in [3.05, 3.63) is 0 Å². The molecule has 0 fully saturated rings. The van der Waals surface area contributed by atoms with E-state index in [1.54, 1.807) is 0 Å². The van der Waals surface area contributed by atoms with Gasteiger partial charge in [-0.05, 0) is 6.42 Å². The molecule has 0 saturated heterocycles. The summed E-state index contributed by atoms with van der Waals surface area (Å²) in [6.45, 7) is 4.78. The number of rotatable bonds is 10. The minimum atomic E-state index is -0.268. The molecule has 0 aliphatic rings. The standard InChI is InChI=1S/C10H19NO4/c1-2-6-14-8-9-15-7-4-11-10(13)3-5-12/h5H,2-4,6-9H2,1H3,(H,11,13). The third kappa shape index (κ3) is 11.0. The van der Waals surface area contributed by atoms with Crippen molar-refractivity contribution in [1.82, 2.24) is 5.32 Å². The van der Waals surface area contributed by atoms with Gasteiger partial charge in [-0.25, -0.2) is 0 Å². The van der Waals surface area contributed by atoms with Gasteiger partial charge in [0.2, 0.25) is 5.91 Å². The van der Waals surface area contributed by atoms with E-state index in [-0.39, 0.29) is 12.3 Å². The highest BCUT2D eigenvalue weighted by Crippen LogP contribution is 1.81. The minimum absolute atomic E-state index is 0.0837. The largest absolute Gasteiger partial charge is 0.379 e. The number of hydrogen-bond acceptors (Lipinski definition) is 4. The van der Waals surface area contributed by atoms with Crippen molar-refractivity contribution in [3.8, 4) is 0 Å². The van der Waals surface area contributed by atoms with E-state index in [0.717, 1.165) is 13.0 Å². The molecule has 0 bridgehead atoms. The van der Waals surface area contributed by atoms with Crippen LogP contribution in [-0.4, -0.2) is 45.2 Å². The highest BCUT2D eigenvalue weighted by Gasteiger charge is 1.97. The quantitative estimate of drug-likeness (QED) is 0.321. The second-order valence-corrected chi connectivity index (χ2v) is 2.95. The molecular formula is C10H19NO4. The molecule has 0 rings (SSSR count). The van der Waals surface area contributed by atoms with Gasteiger partial charge >= 0.3 is 0 Å². The number of nitrogens with one attached hydrogen (secondary N) is 1. The van der Waals surface area contributed by atoms with Gasteiger partial charge in [0.05, 0.1) is 26.2 Å². The van der Waals surface area contributed by atoms with Gasteiger partial charge in [0.25, 0.3) is 0 Å². The lowest BCUT2D eigenvalue weighted by Crippen LogP contribution is -2.27. The van der Waals surface area contributed by atoms with Crippen molar-refractivity contribution in [2.24, 2.45) is 0 Å². The molecule has 0 heterocycles. The number of hydrogen-bond donors (Lipinski definition) is 1. The van der Waals surface area contributed by atoms with Gasteiger partial charge in [-0.3, -0.25) is 4.79 Å². The average molecular weight is 217 g/mol. The number of carbonyl (C=O) groups is 2. The maximum absolute atomic E-state index is 10.8. The average Bonchev–Trinajstić information content (AvgIpc) is 2.22. The molecule has 0 aromatic heterocycles. The molecule has 0 spiro atoms. The van der Waals surface area contributed by atoms with Crippen molar-refractivity contribution >= 4 is 12.2 Å². The molecule has 5 heteroatoms. The Kier molecular flexibility index (Phi) is 10.4. The molecule has 1 amide bonds. The minimum Gasteiger partial charge on any atom is -0.379 e.